The molecule has 0 aliphatic carbocycles. The molecule has 0 aliphatic rings. The van der Waals surface area contributed by atoms with Crippen molar-refractivity contribution < 1.29 is 9.53 Å². The summed E-state index contributed by atoms with van der Waals surface area (Å²) in [6.07, 6.45) is 1.90. The minimum Gasteiger partial charge on any atom is -0.494 e. The van der Waals surface area contributed by atoms with E-state index in [1.807, 2.05) is 45.0 Å². The van der Waals surface area contributed by atoms with Crippen LogP contribution in [0.5, 0.6) is 5.75 Å². The van der Waals surface area contributed by atoms with Crippen LogP contribution in [0.15, 0.2) is 24.3 Å². The van der Waals surface area contributed by atoms with E-state index in [1.165, 1.54) is 0 Å². The molecule has 0 radical (unpaired) electrons. The Morgan fingerprint density at radius 1 is 1.25 bits per heavy atom. The molecule has 0 saturated heterocycles. The summed E-state index contributed by atoms with van der Waals surface area (Å²) in [5.74, 6) is 0.848. The first-order valence-electron chi connectivity index (χ1n) is 7.36. The van der Waals surface area contributed by atoms with E-state index in [0.717, 1.165) is 24.2 Å². The van der Waals surface area contributed by atoms with Gasteiger partial charge in [0, 0.05) is 6.04 Å². The lowest BCUT2D eigenvalue weighted by Crippen LogP contribution is -2.41. The lowest BCUT2D eigenvalue weighted by Gasteiger charge is -2.18. The van der Waals surface area contributed by atoms with Crippen molar-refractivity contribution in [1.29, 1.82) is 0 Å². The molecule has 2 N–H and O–H groups in total. The van der Waals surface area contributed by atoms with Crippen molar-refractivity contribution >= 4 is 6.03 Å². The molecular formula is C16H26N2O2. The van der Waals surface area contributed by atoms with E-state index in [0.29, 0.717) is 6.61 Å². The number of amides is 2. The Kier molecular flexibility index (Phi) is 6.91. The van der Waals surface area contributed by atoms with Gasteiger partial charge in [-0.3, -0.25) is 0 Å². The first-order chi connectivity index (χ1) is 9.56. The van der Waals surface area contributed by atoms with Gasteiger partial charge in [0.2, 0.25) is 0 Å². The highest BCUT2D eigenvalue weighted by Gasteiger charge is 2.11. The van der Waals surface area contributed by atoms with Crippen molar-refractivity contribution in [1.82, 2.24) is 10.6 Å². The van der Waals surface area contributed by atoms with Gasteiger partial charge < -0.3 is 15.4 Å². The first kappa shape index (κ1) is 16.3. The quantitative estimate of drug-likeness (QED) is 0.800. The van der Waals surface area contributed by atoms with Gasteiger partial charge in [0.15, 0.2) is 0 Å². The second-order valence-corrected chi connectivity index (χ2v) is 5.07. The predicted molar refractivity (Wildman–Crippen MR) is 82.1 cm³/mol. The van der Waals surface area contributed by atoms with E-state index in [2.05, 4.69) is 17.6 Å². The molecule has 20 heavy (non-hydrogen) atoms. The maximum Gasteiger partial charge on any atom is 0.315 e. The van der Waals surface area contributed by atoms with Crippen LogP contribution >= 0.6 is 0 Å². The summed E-state index contributed by atoms with van der Waals surface area (Å²) >= 11 is 0. The molecule has 0 spiro atoms. The third-order valence-corrected chi connectivity index (χ3v) is 3.17. The molecule has 1 aromatic rings. The van der Waals surface area contributed by atoms with Crippen LogP contribution in [0, 0.1) is 0 Å². The van der Waals surface area contributed by atoms with Crippen LogP contribution < -0.4 is 15.4 Å². The van der Waals surface area contributed by atoms with Crippen molar-refractivity contribution in [3.63, 3.8) is 0 Å². The minimum absolute atomic E-state index is 0.0516. The summed E-state index contributed by atoms with van der Waals surface area (Å²) in [5, 5.41) is 5.84. The maximum atomic E-state index is 11.8. The fraction of sp³-hybridized carbons (Fsp3) is 0.562. The van der Waals surface area contributed by atoms with Crippen molar-refractivity contribution in [2.75, 3.05) is 6.61 Å². The Morgan fingerprint density at radius 3 is 2.65 bits per heavy atom. The molecule has 0 fully saturated rings. The van der Waals surface area contributed by atoms with Gasteiger partial charge in [-0.1, -0.05) is 26.0 Å². The zero-order chi connectivity index (χ0) is 15.0. The Bertz CT molecular complexity index is 421. The van der Waals surface area contributed by atoms with Gasteiger partial charge >= 0.3 is 6.03 Å². The summed E-state index contributed by atoms with van der Waals surface area (Å²) in [7, 11) is 0. The topological polar surface area (TPSA) is 50.4 Å². The highest BCUT2D eigenvalue weighted by atomic mass is 16.5. The number of hydrogen-bond donors (Lipinski definition) is 2. The molecule has 4 heteroatoms. The summed E-state index contributed by atoms with van der Waals surface area (Å²) in [4.78, 5) is 11.8. The van der Waals surface area contributed by atoms with E-state index >= 15 is 0 Å². The molecule has 1 aromatic carbocycles. The van der Waals surface area contributed by atoms with E-state index in [4.69, 9.17) is 4.74 Å². The van der Waals surface area contributed by atoms with Gasteiger partial charge in [0.25, 0.3) is 0 Å². The average molecular weight is 278 g/mol. The molecule has 4 nitrogen and oxygen atoms in total. The van der Waals surface area contributed by atoms with Crippen LogP contribution in [0.1, 0.15) is 52.1 Å². The highest BCUT2D eigenvalue weighted by Crippen LogP contribution is 2.19. The number of carbonyl (C=O) groups is 1. The second-order valence-electron chi connectivity index (χ2n) is 5.07. The monoisotopic (exact) mass is 278 g/mol. The number of ether oxygens (including phenoxy) is 1. The fourth-order valence-electron chi connectivity index (χ4n) is 1.74. The number of rotatable bonds is 7. The Hall–Kier alpha value is -1.71. The maximum absolute atomic E-state index is 11.8. The van der Waals surface area contributed by atoms with Gasteiger partial charge in [-0.25, -0.2) is 4.79 Å². The van der Waals surface area contributed by atoms with E-state index in [-0.39, 0.29) is 18.1 Å². The Labute approximate surface area is 121 Å². The molecule has 0 heterocycles. The molecule has 0 bridgehead atoms. The molecule has 0 aliphatic heterocycles. The van der Waals surface area contributed by atoms with Gasteiger partial charge in [0.1, 0.15) is 5.75 Å². The molecule has 0 unspecified atom stereocenters. The SMILES string of the molecule is CCCOc1cccc([C@H](C)NC(=O)N[C@@H](C)CC)c1. The Balaban J connectivity index is 2.58. The fourth-order valence-corrected chi connectivity index (χ4v) is 1.74. The molecule has 1 rings (SSSR count). The molecule has 2 amide bonds. The van der Waals surface area contributed by atoms with Crippen LogP contribution in [0.4, 0.5) is 4.79 Å². The van der Waals surface area contributed by atoms with Gasteiger partial charge in [-0.15, -0.1) is 0 Å². The van der Waals surface area contributed by atoms with Gasteiger partial charge in [0.05, 0.1) is 12.6 Å². The third kappa shape index (κ3) is 5.51. The predicted octanol–water partition coefficient (Wildman–Crippen LogP) is 3.63. The number of benzene rings is 1. The molecule has 2 atom stereocenters. The summed E-state index contributed by atoms with van der Waals surface area (Å²) in [5.41, 5.74) is 1.04. The van der Waals surface area contributed by atoms with Gasteiger partial charge in [-0.05, 0) is 44.4 Å². The van der Waals surface area contributed by atoms with Crippen LogP contribution in [-0.4, -0.2) is 18.7 Å². The zero-order valence-corrected chi connectivity index (χ0v) is 12.9. The van der Waals surface area contributed by atoms with Crippen LogP contribution in [0.3, 0.4) is 0 Å². The highest BCUT2D eigenvalue weighted by molar-refractivity contribution is 5.74. The van der Waals surface area contributed by atoms with E-state index in [9.17, 15) is 4.79 Å². The average Bonchev–Trinajstić information content (AvgIpc) is 2.45. The minimum atomic E-state index is -0.133. The summed E-state index contributed by atoms with van der Waals surface area (Å²) in [6, 6.07) is 7.85. The van der Waals surface area contributed by atoms with Crippen molar-refractivity contribution in [2.24, 2.45) is 0 Å². The van der Waals surface area contributed by atoms with Crippen molar-refractivity contribution in [2.45, 2.75) is 52.6 Å². The number of carbonyl (C=O) groups excluding carboxylic acids is 1. The molecular weight excluding hydrogens is 252 g/mol. The lowest BCUT2D eigenvalue weighted by molar-refractivity contribution is 0.234. The smallest absolute Gasteiger partial charge is 0.315 e. The van der Waals surface area contributed by atoms with Crippen LogP contribution in [-0.2, 0) is 0 Å². The second kappa shape index (κ2) is 8.46. The summed E-state index contributed by atoms with van der Waals surface area (Å²) in [6.45, 7) is 8.79. The largest absolute Gasteiger partial charge is 0.494 e. The molecule has 0 aromatic heterocycles. The normalized spacial score (nSPS) is 13.4. The number of nitrogens with one attached hydrogen (secondary N) is 2. The van der Waals surface area contributed by atoms with Crippen LogP contribution in [0.25, 0.3) is 0 Å². The number of hydrogen-bond acceptors (Lipinski definition) is 2. The molecule has 112 valence electrons. The lowest BCUT2D eigenvalue weighted by atomic mass is 10.1. The zero-order valence-electron chi connectivity index (χ0n) is 12.9. The molecule has 0 saturated carbocycles. The van der Waals surface area contributed by atoms with Crippen LogP contribution in [0.2, 0.25) is 0 Å². The third-order valence-electron chi connectivity index (χ3n) is 3.17. The van der Waals surface area contributed by atoms with Gasteiger partial charge in [-0.2, -0.15) is 0 Å². The Morgan fingerprint density at radius 2 is 2.00 bits per heavy atom. The van der Waals surface area contributed by atoms with E-state index < -0.39 is 0 Å². The van der Waals surface area contributed by atoms with Crippen molar-refractivity contribution in [3.8, 4) is 5.75 Å². The summed E-state index contributed by atoms with van der Waals surface area (Å²) < 4.78 is 5.60. The first-order valence-corrected chi connectivity index (χ1v) is 7.36. The number of urea groups is 1. The van der Waals surface area contributed by atoms with Crippen molar-refractivity contribution in [3.05, 3.63) is 29.8 Å². The van der Waals surface area contributed by atoms with E-state index in [1.54, 1.807) is 0 Å². The standard InChI is InChI=1S/C16H26N2O2/c1-5-10-20-15-9-7-8-14(11-15)13(4)18-16(19)17-12(3)6-2/h7-9,11-13H,5-6,10H2,1-4H3,(H2,17,18,19)/t12-,13-/m0/s1.